The largest absolute Gasteiger partial charge is 0.477 e. The van der Waals surface area contributed by atoms with Gasteiger partial charge in [-0.15, -0.1) is 0 Å². The lowest BCUT2D eigenvalue weighted by Crippen LogP contribution is -2.46. The molecule has 16 heavy (non-hydrogen) atoms. The molecule has 4 heteroatoms. The van der Waals surface area contributed by atoms with E-state index in [0.29, 0.717) is 5.75 Å². The molecule has 1 aromatic carbocycles. The van der Waals surface area contributed by atoms with Crippen LogP contribution in [0.4, 0.5) is 0 Å². The van der Waals surface area contributed by atoms with Gasteiger partial charge < -0.3 is 10.5 Å². The van der Waals surface area contributed by atoms with E-state index in [1.165, 1.54) is 0 Å². The van der Waals surface area contributed by atoms with E-state index >= 15 is 0 Å². The molecule has 2 N–H and O–H groups in total. The Morgan fingerprint density at radius 3 is 2.31 bits per heavy atom. The number of ether oxygens (including phenoxy) is 1. The summed E-state index contributed by atoms with van der Waals surface area (Å²) in [6.45, 7) is 0. The number of hydrogen-bond acceptors (Lipinski definition) is 2. The van der Waals surface area contributed by atoms with Crippen molar-refractivity contribution in [3.63, 3.8) is 0 Å². The van der Waals surface area contributed by atoms with Gasteiger partial charge in [-0.25, -0.2) is 0 Å². The van der Waals surface area contributed by atoms with Crippen molar-refractivity contribution in [1.29, 1.82) is 0 Å². The zero-order valence-electron chi connectivity index (χ0n) is 8.91. The molecule has 0 heterocycles. The third-order valence-electron chi connectivity index (χ3n) is 2.99. The fourth-order valence-corrected chi connectivity index (χ4v) is 2.34. The Hall–Kier alpha value is -1.03. The molecule has 86 valence electrons. The molecule has 0 aliphatic heterocycles. The SMILES string of the molecule is NC(=O)C1(Oc2ccc(Br)cc2)CCCC1. The van der Waals surface area contributed by atoms with Crippen molar-refractivity contribution in [3.8, 4) is 5.75 Å². The van der Waals surface area contributed by atoms with Gasteiger partial charge in [0.1, 0.15) is 5.75 Å². The monoisotopic (exact) mass is 283 g/mol. The first-order chi connectivity index (χ1) is 7.62. The average Bonchev–Trinajstić information content (AvgIpc) is 2.71. The molecule has 2 rings (SSSR count). The number of halogens is 1. The quantitative estimate of drug-likeness (QED) is 0.927. The Morgan fingerprint density at radius 1 is 1.25 bits per heavy atom. The second-order valence-electron chi connectivity index (χ2n) is 4.12. The highest BCUT2D eigenvalue weighted by Gasteiger charge is 2.41. The molecule has 0 radical (unpaired) electrons. The van der Waals surface area contributed by atoms with E-state index < -0.39 is 5.60 Å². The summed E-state index contributed by atoms with van der Waals surface area (Å²) in [6, 6.07) is 7.46. The van der Waals surface area contributed by atoms with Crippen LogP contribution in [0.5, 0.6) is 5.75 Å². The first-order valence-corrected chi connectivity index (χ1v) is 6.16. The van der Waals surface area contributed by atoms with E-state index in [2.05, 4.69) is 15.9 Å². The summed E-state index contributed by atoms with van der Waals surface area (Å²) in [5.41, 5.74) is 4.65. The van der Waals surface area contributed by atoms with Gasteiger partial charge in [-0.3, -0.25) is 4.79 Å². The summed E-state index contributed by atoms with van der Waals surface area (Å²) < 4.78 is 6.77. The van der Waals surface area contributed by atoms with E-state index in [1.54, 1.807) is 0 Å². The first-order valence-electron chi connectivity index (χ1n) is 5.37. The normalized spacial score (nSPS) is 18.3. The molecular formula is C12H14BrNO2. The summed E-state index contributed by atoms with van der Waals surface area (Å²) in [5, 5.41) is 0. The van der Waals surface area contributed by atoms with Crippen molar-refractivity contribution in [2.45, 2.75) is 31.3 Å². The molecule has 0 aromatic heterocycles. The van der Waals surface area contributed by atoms with Gasteiger partial charge in [0, 0.05) is 4.47 Å². The van der Waals surface area contributed by atoms with Gasteiger partial charge in [0.2, 0.25) is 0 Å². The number of primary amides is 1. The van der Waals surface area contributed by atoms with Crippen LogP contribution in [-0.2, 0) is 4.79 Å². The molecule has 1 amide bonds. The van der Waals surface area contributed by atoms with Gasteiger partial charge in [-0.1, -0.05) is 15.9 Å². The molecule has 1 aliphatic rings. The summed E-state index contributed by atoms with van der Waals surface area (Å²) in [7, 11) is 0. The zero-order valence-corrected chi connectivity index (χ0v) is 10.5. The van der Waals surface area contributed by atoms with Crippen molar-refractivity contribution in [2.24, 2.45) is 5.73 Å². The van der Waals surface area contributed by atoms with Crippen molar-refractivity contribution in [2.75, 3.05) is 0 Å². The molecule has 0 bridgehead atoms. The summed E-state index contributed by atoms with van der Waals surface area (Å²) >= 11 is 3.35. The van der Waals surface area contributed by atoms with Gasteiger partial charge in [0.25, 0.3) is 5.91 Å². The minimum Gasteiger partial charge on any atom is -0.477 e. The van der Waals surface area contributed by atoms with Gasteiger partial charge in [0.15, 0.2) is 5.60 Å². The molecular weight excluding hydrogens is 270 g/mol. The summed E-state index contributed by atoms with van der Waals surface area (Å²) in [4.78, 5) is 11.5. The van der Waals surface area contributed by atoms with E-state index in [0.717, 1.165) is 30.2 Å². The Balaban J connectivity index is 2.18. The number of amides is 1. The average molecular weight is 284 g/mol. The maximum absolute atomic E-state index is 11.5. The first kappa shape index (κ1) is 11.5. The number of rotatable bonds is 3. The molecule has 1 aromatic rings. The lowest BCUT2D eigenvalue weighted by Gasteiger charge is -2.26. The van der Waals surface area contributed by atoms with Crippen LogP contribution in [0.2, 0.25) is 0 Å². The highest BCUT2D eigenvalue weighted by atomic mass is 79.9. The second-order valence-corrected chi connectivity index (χ2v) is 5.04. The third kappa shape index (κ3) is 2.21. The summed E-state index contributed by atoms with van der Waals surface area (Å²) in [5.74, 6) is 0.344. The third-order valence-corrected chi connectivity index (χ3v) is 3.52. The van der Waals surface area contributed by atoms with Gasteiger partial charge >= 0.3 is 0 Å². The molecule has 3 nitrogen and oxygen atoms in total. The molecule has 1 aliphatic carbocycles. The molecule has 1 fully saturated rings. The van der Waals surface area contributed by atoms with Gasteiger partial charge in [-0.2, -0.15) is 0 Å². The van der Waals surface area contributed by atoms with Crippen LogP contribution in [0.15, 0.2) is 28.7 Å². The Morgan fingerprint density at radius 2 is 1.81 bits per heavy atom. The van der Waals surface area contributed by atoms with Crippen LogP contribution in [0, 0.1) is 0 Å². The van der Waals surface area contributed by atoms with E-state index in [9.17, 15) is 4.79 Å². The predicted molar refractivity (Wildman–Crippen MR) is 65.2 cm³/mol. The maximum atomic E-state index is 11.5. The van der Waals surface area contributed by atoms with Crippen LogP contribution >= 0.6 is 15.9 Å². The fourth-order valence-electron chi connectivity index (χ4n) is 2.07. The second kappa shape index (κ2) is 4.45. The van der Waals surface area contributed by atoms with Crippen LogP contribution in [0.1, 0.15) is 25.7 Å². The van der Waals surface area contributed by atoms with Crippen LogP contribution in [0.25, 0.3) is 0 Å². The van der Waals surface area contributed by atoms with Crippen molar-refractivity contribution in [1.82, 2.24) is 0 Å². The fraction of sp³-hybridized carbons (Fsp3) is 0.417. The van der Waals surface area contributed by atoms with Crippen molar-refractivity contribution in [3.05, 3.63) is 28.7 Å². The molecule has 0 atom stereocenters. The van der Waals surface area contributed by atoms with Gasteiger partial charge in [-0.05, 0) is 49.9 Å². The number of hydrogen-bond donors (Lipinski definition) is 1. The highest BCUT2D eigenvalue weighted by Crippen LogP contribution is 2.34. The Labute approximate surface area is 103 Å². The summed E-state index contributed by atoms with van der Waals surface area (Å²) in [6.07, 6.45) is 3.44. The topological polar surface area (TPSA) is 52.3 Å². The molecule has 0 saturated heterocycles. The number of benzene rings is 1. The molecule has 0 spiro atoms. The van der Waals surface area contributed by atoms with E-state index in [-0.39, 0.29) is 5.91 Å². The molecule has 1 saturated carbocycles. The lowest BCUT2D eigenvalue weighted by molar-refractivity contribution is -0.132. The minimum atomic E-state index is -0.784. The highest BCUT2D eigenvalue weighted by molar-refractivity contribution is 9.10. The standard InChI is InChI=1S/C12H14BrNO2/c13-9-3-5-10(6-4-9)16-12(11(14)15)7-1-2-8-12/h3-6H,1-2,7-8H2,(H2,14,15). The van der Waals surface area contributed by atoms with Crippen LogP contribution in [0.3, 0.4) is 0 Å². The van der Waals surface area contributed by atoms with Crippen molar-refractivity contribution < 1.29 is 9.53 Å². The smallest absolute Gasteiger partial charge is 0.261 e. The zero-order chi connectivity index (χ0) is 11.6. The van der Waals surface area contributed by atoms with Crippen LogP contribution in [-0.4, -0.2) is 11.5 Å². The molecule has 0 unspecified atom stereocenters. The van der Waals surface area contributed by atoms with Crippen LogP contribution < -0.4 is 10.5 Å². The Kier molecular flexibility index (Phi) is 3.19. The van der Waals surface area contributed by atoms with Gasteiger partial charge in [0.05, 0.1) is 0 Å². The van der Waals surface area contributed by atoms with Crippen molar-refractivity contribution >= 4 is 21.8 Å². The number of nitrogens with two attached hydrogens (primary N) is 1. The maximum Gasteiger partial charge on any atom is 0.261 e. The predicted octanol–water partition coefficient (Wildman–Crippen LogP) is 2.63. The number of carbonyl (C=O) groups is 1. The van der Waals surface area contributed by atoms with E-state index in [4.69, 9.17) is 10.5 Å². The lowest BCUT2D eigenvalue weighted by atomic mass is 10.0. The number of carbonyl (C=O) groups excluding carboxylic acids is 1. The van der Waals surface area contributed by atoms with E-state index in [1.807, 2.05) is 24.3 Å². The minimum absolute atomic E-state index is 0.354. The Bertz CT molecular complexity index is 383.